The summed E-state index contributed by atoms with van der Waals surface area (Å²) in [5.41, 5.74) is 0. The lowest BCUT2D eigenvalue weighted by Gasteiger charge is -2.25. The van der Waals surface area contributed by atoms with Crippen molar-refractivity contribution in [3.63, 3.8) is 0 Å². The third kappa shape index (κ3) is 4.50. The predicted molar refractivity (Wildman–Crippen MR) is 74.2 cm³/mol. The second-order valence-electron chi connectivity index (χ2n) is 4.19. The van der Waals surface area contributed by atoms with E-state index in [1.807, 2.05) is 13.8 Å². The Morgan fingerprint density at radius 1 is 1.42 bits per heavy atom. The molecule has 0 spiro atoms. The van der Waals surface area contributed by atoms with Crippen molar-refractivity contribution in [3.8, 4) is 0 Å². The van der Waals surface area contributed by atoms with Crippen molar-refractivity contribution in [3.05, 3.63) is 28.0 Å². The average Bonchev–Trinajstić information content (AvgIpc) is 2.81. The van der Waals surface area contributed by atoms with E-state index in [-0.39, 0.29) is 25.1 Å². The number of aliphatic hydroxyl groups excluding tert-OH is 1. The fraction of sp³-hybridized carbons (Fsp3) is 0.385. The van der Waals surface area contributed by atoms with Gasteiger partial charge in [-0.15, -0.1) is 11.3 Å². The second kappa shape index (κ2) is 7.06. The van der Waals surface area contributed by atoms with Gasteiger partial charge in [0.05, 0.1) is 11.5 Å². The van der Waals surface area contributed by atoms with Gasteiger partial charge in [0, 0.05) is 23.5 Å². The highest BCUT2D eigenvalue weighted by Gasteiger charge is 2.19. The van der Waals surface area contributed by atoms with Crippen LogP contribution in [0.1, 0.15) is 28.4 Å². The summed E-state index contributed by atoms with van der Waals surface area (Å²) in [6.45, 7) is 3.97. The number of hydrogen-bond donors (Lipinski definition) is 2. The number of rotatable bonds is 6. The molecule has 1 amide bonds. The Bertz CT molecular complexity index is 479. The molecule has 0 saturated heterocycles. The number of amides is 1. The molecule has 5 nitrogen and oxygen atoms in total. The van der Waals surface area contributed by atoms with Gasteiger partial charge < -0.3 is 15.1 Å². The van der Waals surface area contributed by atoms with Gasteiger partial charge >= 0.3 is 5.97 Å². The van der Waals surface area contributed by atoms with E-state index in [0.717, 1.165) is 6.08 Å². The minimum absolute atomic E-state index is 0.000221. The third-order valence-corrected chi connectivity index (χ3v) is 3.49. The smallest absolute Gasteiger partial charge is 0.328 e. The van der Waals surface area contributed by atoms with Crippen LogP contribution in [0.15, 0.2) is 18.2 Å². The topological polar surface area (TPSA) is 77.8 Å². The maximum absolute atomic E-state index is 12.2. The molecule has 1 aromatic rings. The van der Waals surface area contributed by atoms with Crippen molar-refractivity contribution < 1.29 is 19.8 Å². The summed E-state index contributed by atoms with van der Waals surface area (Å²) in [6.07, 6.45) is 2.49. The number of carboxylic acids is 1. The standard InChI is InChI=1S/C13H17NO4S/c1-9(2)14(7-8-15)13(18)11-5-3-10(19-11)4-6-12(16)17/h3-6,9,15H,7-8H2,1-2H3,(H,16,17)/b6-4+. The highest BCUT2D eigenvalue weighted by Crippen LogP contribution is 2.20. The molecule has 0 aliphatic carbocycles. The molecule has 0 atom stereocenters. The number of thiophene rings is 1. The first-order valence-corrected chi connectivity index (χ1v) is 6.70. The SMILES string of the molecule is CC(C)N(CCO)C(=O)c1ccc(/C=C/C(=O)O)s1. The van der Waals surface area contributed by atoms with Crippen LogP contribution in [0.3, 0.4) is 0 Å². The van der Waals surface area contributed by atoms with Crippen LogP contribution in [0.5, 0.6) is 0 Å². The summed E-state index contributed by atoms with van der Waals surface area (Å²) < 4.78 is 0. The van der Waals surface area contributed by atoms with Crippen molar-refractivity contribution in [2.24, 2.45) is 0 Å². The highest BCUT2D eigenvalue weighted by molar-refractivity contribution is 7.14. The fourth-order valence-corrected chi connectivity index (χ4v) is 2.42. The van der Waals surface area contributed by atoms with Crippen molar-refractivity contribution in [1.82, 2.24) is 4.90 Å². The number of aliphatic hydroxyl groups is 1. The van der Waals surface area contributed by atoms with E-state index in [2.05, 4.69) is 0 Å². The first-order chi connectivity index (χ1) is 8.95. The molecule has 0 saturated carbocycles. The lowest BCUT2D eigenvalue weighted by atomic mass is 10.3. The number of nitrogens with zero attached hydrogens (tertiary/aromatic N) is 1. The van der Waals surface area contributed by atoms with E-state index < -0.39 is 5.97 Å². The van der Waals surface area contributed by atoms with Crippen LogP contribution in [-0.2, 0) is 4.79 Å². The molecule has 6 heteroatoms. The molecule has 1 rings (SSSR count). The van der Waals surface area contributed by atoms with Crippen molar-refractivity contribution in [2.75, 3.05) is 13.2 Å². The van der Waals surface area contributed by atoms with Gasteiger partial charge in [-0.1, -0.05) is 0 Å². The lowest BCUT2D eigenvalue weighted by Crippen LogP contribution is -2.38. The Morgan fingerprint density at radius 3 is 2.63 bits per heavy atom. The number of hydrogen-bond acceptors (Lipinski definition) is 4. The molecular formula is C13H17NO4S. The molecule has 2 N–H and O–H groups in total. The molecular weight excluding hydrogens is 266 g/mol. The van der Waals surface area contributed by atoms with Crippen LogP contribution in [-0.4, -0.2) is 46.2 Å². The molecule has 0 aromatic carbocycles. The monoisotopic (exact) mass is 283 g/mol. The number of aliphatic carboxylic acids is 1. The van der Waals surface area contributed by atoms with E-state index in [0.29, 0.717) is 9.75 Å². The van der Waals surface area contributed by atoms with Crippen LogP contribution in [0.4, 0.5) is 0 Å². The lowest BCUT2D eigenvalue weighted by molar-refractivity contribution is -0.131. The average molecular weight is 283 g/mol. The fourth-order valence-electron chi connectivity index (χ4n) is 1.55. The summed E-state index contributed by atoms with van der Waals surface area (Å²) in [7, 11) is 0. The Morgan fingerprint density at radius 2 is 2.11 bits per heavy atom. The summed E-state index contributed by atoms with van der Waals surface area (Å²) >= 11 is 1.23. The zero-order valence-electron chi connectivity index (χ0n) is 10.9. The van der Waals surface area contributed by atoms with E-state index in [9.17, 15) is 9.59 Å². The van der Waals surface area contributed by atoms with Crippen molar-refractivity contribution in [2.45, 2.75) is 19.9 Å². The first-order valence-electron chi connectivity index (χ1n) is 5.88. The van der Waals surface area contributed by atoms with E-state index in [1.165, 1.54) is 17.4 Å². The summed E-state index contributed by atoms with van der Waals surface area (Å²) in [5, 5.41) is 17.5. The van der Waals surface area contributed by atoms with Gasteiger partial charge in [-0.2, -0.15) is 0 Å². The normalized spacial score (nSPS) is 11.2. The van der Waals surface area contributed by atoms with Gasteiger partial charge in [0.25, 0.3) is 5.91 Å². The molecule has 0 fully saturated rings. The first kappa shape index (κ1) is 15.4. The maximum Gasteiger partial charge on any atom is 0.328 e. The molecule has 0 unspecified atom stereocenters. The van der Waals surface area contributed by atoms with Gasteiger partial charge in [0.15, 0.2) is 0 Å². The third-order valence-electron chi connectivity index (χ3n) is 2.45. The molecule has 1 heterocycles. The van der Waals surface area contributed by atoms with Crippen LogP contribution in [0.25, 0.3) is 6.08 Å². The van der Waals surface area contributed by atoms with E-state index in [1.54, 1.807) is 17.0 Å². The Hall–Kier alpha value is -1.66. The Kier molecular flexibility index (Phi) is 5.72. The van der Waals surface area contributed by atoms with Crippen LogP contribution in [0, 0.1) is 0 Å². The molecule has 0 bridgehead atoms. The zero-order chi connectivity index (χ0) is 14.4. The van der Waals surface area contributed by atoms with Gasteiger partial charge in [-0.25, -0.2) is 4.79 Å². The Balaban J connectivity index is 2.85. The van der Waals surface area contributed by atoms with Crippen LogP contribution in [0.2, 0.25) is 0 Å². The molecule has 19 heavy (non-hydrogen) atoms. The maximum atomic E-state index is 12.2. The summed E-state index contributed by atoms with van der Waals surface area (Å²) in [4.78, 5) is 25.4. The quantitative estimate of drug-likeness (QED) is 0.779. The van der Waals surface area contributed by atoms with Gasteiger partial charge in [-0.05, 0) is 32.1 Å². The van der Waals surface area contributed by atoms with Crippen LogP contribution < -0.4 is 0 Å². The van der Waals surface area contributed by atoms with Gasteiger partial charge in [-0.3, -0.25) is 4.79 Å². The molecule has 0 aliphatic rings. The van der Waals surface area contributed by atoms with Crippen molar-refractivity contribution >= 4 is 29.3 Å². The predicted octanol–water partition coefficient (Wildman–Crippen LogP) is 1.69. The number of carbonyl (C=O) groups excluding carboxylic acids is 1. The molecule has 0 aliphatic heterocycles. The van der Waals surface area contributed by atoms with Gasteiger partial charge in [0.2, 0.25) is 0 Å². The van der Waals surface area contributed by atoms with Crippen molar-refractivity contribution in [1.29, 1.82) is 0 Å². The number of carbonyl (C=O) groups is 2. The largest absolute Gasteiger partial charge is 0.478 e. The van der Waals surface area contributed by atoms with E-state index >= 15 is 0 Å². The molecule has 0 radical (unpaired) electrons. The van der Waals surface area contributed by atoms with E-state index in [4.69, 9.17) is 10.2 Å². The van der Waals surface area contributed by atoms with Crippen LogP contribution >= 0.6 is 11.3 Å². The minimum atomic E-state index is -1.02. The highest BCUT2D eigenvalue weighted by atomic mass is 32.1. The second-order valence-corrected chi connectivity index (χ2v) is 5.30. The zero-order valence-corrected chi connectivity index (χ0v) is 11.7. The summed E-state index contributed by atoms with van der Waals surface area (Å²) in [5.74, 6) is -1.17. The molecule has 104 valence electrons. The Labute approximate surface area is 115 Å². The minimum Gasteiger partial charge on any atom is -0.478 e. The summed E-state index contributed by atoms with van der Waals surface area (Å²) in [6, 6.07) is 3.37. The molecule has 1 aromatic heterocycles. The number of carboxylic acid groups (broad SMARTS) is 1. The van der Waals surface area contributed by atoms with Gasteiger partial charge in [0.1, 0.15) is 0 Å².